The van der Waals surface area contributed by atoms with E-state index in [0.29, 0.717) is 26.5 Å². The molecule has 1 aliphatic heterocycles. The molecule has 1 aliphatic rings. The number of aromatic nitrogens is 1. The Balaban J connectivity index is 1.55. The number of morpholine rings is 1. The van der Waals surface area contributed by atoms with Crippen LogP contribution in [0.3, 0.4) is 0 Å². The van der Waals surface area contributed by atoms with E-state index in [1.807, 2.05) is 18.2 Å². The topological polar surface area (TPSA) is 65.6 Å². The molecule has 0 unspecified atom stereocenters. The standard InChI is InChI=1S/C25H20Cl2N2O3/c26-17-3-1-2-16(12-17)24(30)23-20-13-19(21(27)14-22(20)28-25(23)31)15-4-6-18(7-5-15)29-8-10-32-11-9-29/h1-7,12-14,28,31H,8-11H2. The Hall–Kier alpha value is -2.99. The molecule has 2 N–H and O–H groups in total. The van der Waals surface area contributed by atoms with E-state index in [-0.39, 0.29) is 17.2 Å². The van der Waals surface area contributed by atoms with Crippen molar-refractivity contribution in [2.75, 3.05) is 31.2 Å². The number of aromatic amines is 1. The van der Waals surface area contributed by atoms with Gasteiger partial charge in [0.15, 0.2) is 5.78 Å². The van der Waals surface area contributed by atoms with Crippen LogP contribution in [0.1, 0.15) is 15.9 Å². The third kappa shape index (κ3) is 3.84. The molecule has 7 heteroatoms. The van der Waals surface area contributed by atoms with Gasteiger partial charge in [0, 0.05) is 40.3 Å². The van der Waals surface area contributed by atoms with Crippen molar-refractivity contribution in [2.24, 2.45) is 0 Å². The smallest absolute Gasteiger partial charge is 0.200 e. The van der Waals surface area contributed by atoms with Gasteiger partial charge in [0.1, 0.15) is 0 Å². The minimum absolute atomic E-state index is 0.194. The zero-order valence-corrected chi connectivity index (χ0v) is 18.6. The van der Waals surface area contributed by atoms with Crippen molar-refractivity contribution in [3.05, 3.63) is 81.8 Å². The van der Waals surface area contributed by atoms with E-state index in [1.165, 1.54) is 0 Å². The van der Waals surface area contributed by atoms with Crippen LogP contribution in [0, 0.1) is 0 Å². The van der Waals surface area contributed by atoms with Gasteiger partial charge in [-0.2, -0.15) is 0 Å². The lowest BCUT2D eigenvalue weighted by atomic mass is 9.98. The Morgan fingerprint density at radius 1 is 1.00 bits per heavy atom. The molecular weight excluding hydrogens is 447 g/mol. The number of H-pyrrole nitrogens is 1. The predicted octanol–water partition coefficient (Wildman–Crippen LogP) is 5.91. The Labute approximate surface area is 195 Å². The molecule has 0 spiro atoms. The van der Waals surface area contributed by atoms with Crippen LogP contribution in [0.2, 0.25) is 10.0 Å². The molecule has 1 saturated heterocycles. The summed E-state index contributed by atoms with van der Waals surface area (Å²) >= 11 is 12.6. The summed E-state index contributed by atoms with van der Waals surface area (Å²) in [5, 5.41) is 12.1. The Bertz CT molecular complexity index is 1310. The zero-order valence-electron chi connectivity index (χ0n) is 17.1. The molecule has 5 nitrogen and oxygen atoms in total. The molecule has 3 aromatic carbocycles. The largest absolute Gasteiger partial charge is 0.494 e. The van der Waals surface area contributed by atoms with Crippen molar-refractivity contribution < 1.29 is 14.6 Å². The number of rotatable bonds is 4. The fraction of sp³-hybridized carbons (Fsp3) is 0.160. The van der Waals surface area contributed by atoms with Gasteiger partial charge in [-0.25, -0.2) is 0 Å². The van der Waals surface area contributed by atoms with Gasteiger partial charge in [-0.05, 0) is 42.0 Å². The number of aromatic hydroxyl groups is 1. The van der Waals surface area contributed by atoms with Crippen LogP contribution in [-0.4, -0.2) is 42.2 Å². The lowest BCUT2D eigenvalue weighted by Crippen LogP contribution is -2.36. The minimum Gasteiger partial charge on any atom is -0.494 e. The molecule has 5 rings (SSSR count). The molecule has 1 aromatic heterocycles. The second-order valence-corrected chi connectivity index (χ2v) is 8.56. The lowest BCUT2D eigenvalue weighted by molar-refractivity contribution is 0.103. The lowest BCUT2D eigenvalue weighted by Gasteiger charge is -2.29. The summed E-state index contributed by atoms with van der Waals surface area (Å²) in [6.07, 6.45) is 0. The Kier molecular flexibility index (Phi) is 5.55. The quantitative estimate of drug-likeness (QED) is 0.366. The van der Waals surface area contributed by atoms with Gasteiger partial charge in [0.25, 0.3) is 0 Å². The minimum atomic E-state index is -0.313. The normalized spacial score (nSPS) is 14.1. The van der Waals surface area contributed by atoms with E-state index in [2.05, 4.69) is 22.0 Å². The van der Waals surface area contributed by atoms with E-state index in [9.17, 15) is 9.90 Å². The molecule has 4 aromatic rings. The third-order valence-electron chi connectivity index (χ3n) is 5.73. The number of benzene rings is 3. The number of ketones is 1. The van der Waals surface area contributed by atoms with Crippen molar-refractivity contribution in [2.45, 2.75) is 0 Å². The number of carbonyl (C=O) groups excluding carboxylic acids is 1. The second-order valence-electron chi connectivity index (χ2n) is 7.71. The molecule has 32 heavy (non-hydrogen) atoms. The summed E-state index contributed by atoms with van der Waals surface area (Å²) in [6.45, 7) is 3.18. The van der Waals surface area contributed by atoms with Gasteiger partial charge in [-0.3, -0.25) is 4.79 Å². The van der Waals surface area contributed by atoms with Crippen molar-refractivity contribution in [1.82, 2.24) is 4.98 Å². The first kappa shape index (κ1) is 20.9. The first-order valence-corrected chi connectivity index (χ1v) is 11.0. The fourth-order valence-electron chi connectivity index (χ4n) is 4.10. The number of ether oxygens (including phenoxy) is 1. The van der Waals surface area contributed by atoms with Crippen LogP contribution in [0.25, 0.3) is 22.0 Å². The monoisotopic (exact) mass is 466 g/mol. The van der Waals surface area contributed by atoms with E-state index < -0.39 is 0 Å². The SMILES string of the molecule is O=C(c1cccc(Cl)c1)c1c(O)[nH]c2cc(Cl)c(-c3ccc(N4CCOCC4)cc3)cc12. The van der Waals surface area contributed by atoms with Crippen LogP contribution in [-0.2, 0) is 4.74 Å². The van der Waals surface area contributed by atoms with Gasteiger partial charge in [0.05, 0.1) is 29.3 Å². The van der Waals surface area contributed by atoms with Crippen LogP contribution in [0.4, 0.5) is 5.69 Å². The molecule has 0 radical (unpaired) electrons. The summed E-state index contributed by atoms with van der Waals surface area (Å²) in [5.41, 5.74) is 4.03. The first-order chi connectivity index (χ1) is 15.5. The fourth-order valence-corrected chi connectivity index (χ4v) is 4.56. The van der Waals surface area contributed by atoms with E-state index >= 15 is 0 Å². The average molecular weight is 467 g/mol. The van der Waals surface area contributed by atoms with Crippen molar-refractivity contribution in [3.63, 3.8) is 0 Å². The summed E-state index contributed by atoms with van der Waals surface area (Å²) in [5.74, 6) is -0.506. The van der Waals surface area contributed by atoms with Crippen molar-refractivity contribution in [3.8, 4) is 17.0 Å². The van der Waals surface area contributed by atoms with Crippen LogP contribution in [0.5, 0.6) is 5.88 Å². The van der Waals surface area contributed by atoms with Gasteiger partial charge in [-0.15, -0.1) is 0 Å². The summed E-state index contributed by atoms with van der Waals surface area (Å²) in [6, 6.07) is 18.4. The average Bonchev–Trinajstić information content (AvgIpc) is 3.13. The van der Waals surface area contributed by atoms with E-state index in [1.54, 1.807) is 30.3 Å². The van der Waals surface area contributed by atoms with E-state index in [0.717, 1.165) is 43.1 Å². The van der Waals surface area contributed by atoms with Crippen LogP contribution >= 0.6 is 23.2 Å². The maximum Gasteiger partial charge on any atom is 0.200 e. The molecule has 0 amide bonds. The molecule has 0 bridgehead atoms. The molecule has 2 heterocycles. The molecular formula is C25H20Cl2N2O3. The second kappa shape index (κ2) is 8.51. The van der Waals surface area contributed by atoms with Gasteiger partial charge in [0.2, 0.25) is 5.88 Å². The summed E-state index contributed by atoms with van der Waals surface area (Å²) in [7, 11) is 0. The molecule has 0 atom stereocenters. The number of halogens is 2. The van der Waals surface area contributed by atoms with Crippen molar-refractivity contribution in [1.29, 1.82) is 0 Å². The van der Waals surface area contributed by atoms with Gasteiger partial charge >= 0.3 is 0 Å². The zero-order chi connectivity index (χ0) is 22.2. The van der Waals surface area contributed by atoms with E-state index in [4.69, 9.17) is 27.9 Å². The highest BCUT2D eigenvalue weighted by molar-refractivity contribution is 6.34. The first-order valence-electron chi connectivity index (χ1n) is 10.3. The predicted molar refractivity (Wildman–Crippen MR) is 128 cm³/mol. The number of anilines is 1. The molecule has 0 saturated carbocycles. The maximum atomic E-state index is 13.2. The number of hydrogen-bond donors (Lipinski definition) is 2. The number of fused-ring (bicyclic) bond motifs is 1. The highest BCUT2D eigenvalue weighted by Gasteiger charge is 2.22. The van der Waals surface area contributed by atoms with Crippen molar-refractivity contribution >= 4 is 45.6 Å². The number of nitrogens with one attached hydrogen (secondary N) is 1. The third-order valence-corrected chi connectivity index (χ3v) is 6.28. The molecule has 162 valence electrons. The number of hydrogen-bond acceptors (Lipinski definition) is 4. The maximum absolute atomic E-state index is 13.2. The molecule has 0 aliphatic carbocycles. The van der Waals surface area contributed by atoms with Gasteiger partial charge < -0.3 is 19.7 Å². The molecule has 1 fully saturated rings. The number of nitrogens with zero attached hydrogens (tertiary/aromatic N) is 1. The number of carbonyl (C=O) groups is 1. The highest BCUT2D eigenvalue weighted by Crippen LogP contribution is 2.37. The Morgan fingerprint density at radius 2 is 1.75 bits per heavy atom. The summed E-state index contributed by atoms with van der Waals surface area (Å²) < 4.78 is 5.42. The Morgan fingerprint density at radius 3 is 2.47 bits per heavy atom. The van der Waals surface area contributed by atoms with Gasteiger partial charge in [-0.1, -0.05) is 47.5 Å². The highest BCUT2D eigenvalue weighted by atomic mass is 35.5. The van der Waals surface area contributed by atoms with Crippen LogP contribution in [0.15, 0.2) is 60.7 Å². The van der Waals surface area contributed by atoms with Crippen LogP contribution < -0.4 is 4.90 Å². The summed E-state index contributed by atoms with van der Waals surface area (Å²) in [4.78, 5) is 18.3.